The molecule has 1 fully saturated rings. The predicted molar refractivity (Wildman–Crippen MR) is 113 cm³/mol. The summed E-state index contributed by atoms with van der Waals surface area (Å²) in [7, 11) is 3.48. The zero-order valence-electron chi connectivity index (χ0n) is 17.2. The molecule has 152 valence electrons. The molecule has 0 unspecified atom stereocenters. The third-order valence-corrected chi connectivity index (χ3v) is 4.96. The Kier molecular flexibility index (Phi) is 10.0. The zero-order valence-corrected chi connectivity index (χ0v) is 17.2. The highest BCUT2D eigenvalue weighted by Crippen LogP contribution is 2.23. The molecule has 1 heterocycles. The first kappa shape index (κ1) is 21.5. The van der Waals surface area contributed by atoms with Crippen LogP contribution in [0.3, 0.4) is 0 Å². The molecule has 2 rings (SSSR count). The van der Waals surface area contributed by atoms with Crippen LogP contribution in [-0.2, 0) is 16.0 Å². The van der Waals surface area contributed by atoms with Crippen molar-refractivity contribution in [3.8, 4) is 0 Å². The third-order valence-electron chi connectivity index (χ3n) is 4.96. The molecule has 1 aliphatic heterocycles. The molecule has 0 aliphatic carbocycles. The van der Waals surface area contributed by atoms with E-state index >= 15 is 0 Å². The summed E-state index contributed by atoms with van der Waals surface area (Å²) in [6.07, 6.45) is 3.53. The summed E-state index contributed by atoms with van der Waals surface area (Å²) in [6, 6.07) is 8.88. The SMILES string of the molecule is CN=C(NCCCOCCOC)NCc1ccc(N2CCC(C)CC2)cc1. The van der Waals surface area contributed by atoms with Gasteiger partial charge in [-0.25, -0.2) is 0 Å². The number of anilines is 1. The average molecular weight is 377 g/mol. The molecule has 2 N–H and O–H groups in total. The molecule has 0 aromatic heterocycles. The standard InChI is InChI=1S/C21H36N4O2/c1-18-9-12-25(13-10-18)20-7-5-19(6-8-20)17-24-21(22-2)23-11-4-14-27-16-15-26-3/h5-8,18H,4,9-17H2,1-3H3,(H2,22,23,24). The predicted octanol–water partition coefficient (Wildman–Crippen LogP) is 2.64. The molecule has 6 heteroatoms. The monoisotopic (exact) mass is 376 g/mol. The Bertz CT molecular complexity index is 540. The van der Waals surface area contributed by atoms with Crippen molar-refractivity contribution < 1.29 is 9.47 Å². The summed E-state index contributed by atoms with van der Waals surface area (Å²) in [5, 5.41) is 6.68. The Labute approximate surface area is 164 Å². The maximum Gasteiger partial charge on any atom is 0.191 e. The number of benzene rings is 1. The van der Waals surface area contributed by atoms with Gasteiger partial charge in [-0.1, -0.05) is 19.1 Å². The van der Waals surface area contributed by atoms with Crippen molar-refractivity contribution in [2.24, 2.45) is 10.9 Å². The highest BCUT2D eigenvalue weighted by Gasteiger charge is 2.15. The van der Waals surface area contributed by atoms with Crippen molar-refractivity contribution in [2.45, 2.75) is 32.7 Å². The van der Waals surface area contributed by atoms with Gasteiger partial charge in [0.25, 0.3) is 0 Å². The molecule has 1 aliphatic rings. The second-order valence-corrected chi connectivity index (χ2v) is 7.15. The van der Waals surface area contributed by atoms with Gasteiger partial charge in [0, 0.05) is 52.6 Å². The summed E-state index contributed by atoms with van der Waals surface area (Å²) < 4.78 is 10.4. The second kappa shape index (κ2) is 12.6. The second-order valence-electron chi connectivity index (χ2n) is 7.15. The lowest BCUT2D eigenvalue weighted by atomic mass is 9.99. The van der Waals surface area contributed by atoms with E-state index in [2.05, 4.69) is 51.7 Å². The van der Waals surface area contributed by atoms with E-state index in [1.54, 1.807) is 14.2 Å². The fourth-order valence-corrected chi connectivity index (χ4v) is 3.12. The number of ether oxygens (including phenoxy) is 2. The first-order valence-electron chi connectivity index (χ1n) is 10.1. The summed E-state index contributed by atoms with van der Waals surface area (Å²) in [5.74, 6) is 1.68. The van der Waals surface area contributed by atoms with E-state index in [0.717, 1.165) is 38.0 Å². The number of methoxy groups -OCH3 is 1. The van der Waals surface area contributed by atoms with E-state index in [-0.39, 0.29) is 0 Å². The van der Waals surface area contributed by atoms with Crippen LogP contribution in [-0.4, -0.2) is 59.6 Å². The minimum atomic E-state index is 0.645. The van der Waals surface area contributed by atoms with Gasteiger partial charge in [-0.3, -0.25) is 4.99 Å². The van der Waals surface area contributed by atoms with Gasteiger partial charge in [-0.05, 0) is 42.9 Å². The van der Waals surface area contributed by atoms with Crippen molar-refractivity contribution >= 4 is 11.6 Å². The van der Waals surface area contributed by atoms with Crippen LogP contribution < -0.4 is 15.5 Å². The highest BCUT2D eigenvalue weighted by molar-refractivity contribution is 5.79. The number of nitrogens with one attached hydrogen (secondary N) is 2. The van der Waals surface area contributed by atoms with Crippen LogP contribution in [0.25, 0.3) is 0 Å². The number of guanidine groups is 1. The molecule has 0 bridgehead atoms. The number of hydrogen-bond acceptors (Lipinski definition) is 4. The zero-order chi connectivity index (χ0) is 19.3. The molecule has 0 radical (unpaired) electrons. The summed E-state index contributed by atoms with van der Waals surface area (Å²) in [5.41, 5.74) is 2.59. The summed E-state index contributed by atoms with van der Waals surface area (Å²) in [4.78, 5) is 6.77. The minimum absolute atomic E-state index is 0.645. The highest BCUT2D eigenvalue weighted by atomic mass is 16.5. The number of aliphatic imine (C=N–C) groups is 1. The third kappa shape index (κ3) is 8.18. The lowest BCUT2D eigenvalue weighted by Gasteiger charge is -2.32. The van der Waals surface area contributed by atoms with Gasteiger partial charge in [-0.2, -0.15) is 0 Å². The Morgan fingerprint density at radius 1 is 1.11 bits per heavy atom. The molecular formula is C21H36N4O2. The molecular weight excluding hydrogens is 340 g/mol. The van der Waals surface area contributed by atoms with E-state index in [1.807, 2.05) is 0 Å². The van der Waals surface area contributed by atoms with Crippen molar-refractivity contribution in [3.05, 3.63) is 29.8 Å². The van der Waals surface area contributed by atoms with Gasteiger partial charge in [0.15, 0.2) is 5.96 Å². The van der Waals surface area contributed by atoms with Gasteiger partial charge in [0.05, 0.1) is 13.2 Å². The van der Waals surface area contributed by atoms with Crippen LogP contribution in [0.5, 0.6) is 0 Å². The summed E-state index contributed by atoms with van der Waals surface area (Å²) in [6.45, 7) is 8.31. The largest absolute Gasteiger partial charge is 0.382 e. The molecule has 0 saturated carbocycles. The normalized spacial score (nSPS) is 15.8. The van der Waals surface area contributed by atoms with Crippen LogP contribution in [0.1, 0.15) is 31.7 Å². The lowest BCUT2D eigenvalue weighted by molar-refractivity contribution is 0.0698. The molecule has 1 aromatic carbocycles. The maximum absolute atomic E-state index is 5.46. The van der Waals surface area contributed by atoms with Crippen molar-refractivity contribution in [1.29, 1.82) is 0 Å². The van der Waals surface area contributed by atoms with E-state index in [9.17, 15) is 0 Å². The van der Waals surface area contributed by atoms with E-state index in [0.29, 0.717) is 13.2 Å². The quantitative estimate of drug-likeness (QED) is 0.373. The molecule has 6 nitrogen and oxygen atoms in total. The fraction of sp³-hybridized carbons (Fsp3) is 0.667. The first-order chi connectivity index (χ1) is 13.2. The number of piperidine rings is 1. The molecule has 1 aromatic rings. The smallest absolute Gasteiger partial charge is 0.191 e. The first-order valence-corrected chi connectivity index (χ1v) is 10.1. The van der Waals surface area contributed by atoms with Crippen molar-refractivity contribution in [2.75, 3.05) is 58.5 Å². The minimum Gasteiger partial charge on any atom is -0.382 e. The number of rotatable bonds is 10. The molecule has 27 heavy (non-hydrogen) atoms. The Morgan fingerprint density at radius 2 is 1.85 bits per heavy atom. The topological polar surface area (TPSA) is 58.1 Å². The lowest BCUT2D eigenvalue weighted by Crippen LogP contribution is -2.37. The van der Waals surface area contributed by atoms with E-state index in [1.165, 1.54) is 37.2 Å². The van der Waals surface area contributed by atoms with Gasteiger partial charge >= 0.3 is 0 Å². The molecule has 0 spiro atoms. The molecule has 0 amide bonds. The number of nitrogens with zero attached hydrogens (tertiary/aromatic N) is 2. The fourth-order valence-electron chi connectivity index (χ4n) is 3.12. The van der Waals surface area contributed by atoms with Gasteiger partial charge in [0.2, 0.25) is 0 Å². The van der Waals surface area contributed by atoms with Crippen molar-refractivity contribution in [3.63, 3.8) is 0 Å². The maximum atomic E-state index is 5.46. The van der Waals surface area contributed by atoms with Crippen LogP contribution >= 0.6 is 0 Å². The van der Waals surface area contributed by atoms with Crippen LogP contribution in [0, 0.1) is 5.92 Å². The number of hydrogen-bond donors (Lipinski definition) is 2. The average Bonchev–Trinajstić information content (AvgIpc) is 2.70. The van der Waals surface area contributed by atoms with Crippen molar-refractivity contribution in [1.82, 2.24) is 10.6 Å². The molecule has 1 saturated heterocycles. The van der Waals surface area contributed by atoms with Gasteiger partial charge in [0.1, 0.15) is 0 Å². The Morgan fingerprint density at radius 3 is 2.52 bits per heavy atom. The van der Waals surface area contributed by atoms with Gasteiger partial charge < -0.3 is 25.0 Å². The van der Waals surface area contributed by atoms with E-state index < -0.39 is 0 Å². The molecule has 0 atom stereocenters. The van der Waals surface area contributed by atoms with Crippen LogP contribution in [0.15, 0.2) is 29.3 Å². The van der Waals surface area contributed by atoms with Gasteiger partial charge in [-0.15, -0.1) is 0 Å². The Balaban J connectivity index is 1.65. The summed E-state index contributed by atoms with van der Waals surface area (Å²) >= 11 is 0. The Hall–Kier alpha value is -1.79. The van der Waals surface area contributed by atoms with Crippen LogP contribution in [0.2, 0.25) is 0 Å². The van der Waals surface area contributed by atoms with E-state index in [4.69, 9.17) is 9.47 Å². The van der Waals surface area contributed by atoms with Crippen LogP contribution in [0.4, 0.5) is 5.69 Å².